The molecule has 110 valence electrons. The van der Waals surface area contributed by atoms with Crippen LogP contribution >= 0.6 is 11.6 Å². The Labute approximate surface area is 122 Å². The van der Waals surface area contributed by atoms with Crippen LogP contribution < -0.4 is 0 Å². The molecular weight excluding hydrogens is 284 g/mol. The van der Waals surface area contributed by atoms with Gasteiger partial charge in [0, 0.05) is 6.54 Å². The Bertz CT molecular complexity index is 596. The number of hydrogen-bond donors (Lipinski definition) is 0. The average molecular weight is 302 g/mol. The van der Waals surface area contributed by atoms with Gasteiger partial charge in [-0.2, -0.15) is 0 Å². The lowest BCUT2D eigenvalue weighted by molar-refractivity contribution is 0.387. The van der Waals surface area contributed by atoms with Crippen LogP contribution in [0, 0.1) is 11.6 Å². The molecule has 0 bridgehead atoms. The van der Waals surface area contributed by atoms with Crippen LogP contribution in [0.25, 0.3) is 11.0 Å². The Balaban J connectivity index is 2.27. The zero-order chi connectivity index (χ0) is 14.7. The van der Waals surface area contributed by atoms with Gasteiger partial charge in [0.1, 0.15) is 11.3 Å². The number of aryl methyl sites for hydroxylation is 1. The third-order valence-corrected chi connectivity index (χ3v) is 3.47. The highest BCUT2D eigenvalue weighted by atomic mass is 35.5. The summed E-state index contributed by atoms with van der Waals surface area (Å²) in [5, 5.41) is 0. The summed E-state index contributed by atoms with van der Waals surface area (Å²) in [6.45, 7) is 1.55. The summed E-state index contributed by atoms with van der Waals surface area (Å²) in [5.74, 6) is -0.938. The van der Waals surface area contributed by atoms with E-state index in [4.69, 9.17) is 11.6 Å². The Morgan fingerprint density at radius 3 is 2.65 bits per heavy atom. The Kier molecular flexibility index (Phi) is 4.94. The van der Waals surface area contributed by atoms with Gasteiger partial charge in [-0.3, -0.25) is 0 Å². The van der Waals surface area contributed by atoms with Crippen LogP contribution in [0.15, 0.2) is 12.1 Å². The normalized spacial score (nSPS) is 11.7. The van der Waals surface area contributed by atoms with Crippen molar-refractivity contribution in [2.45, 2.75) is 25.3 Å². The van der Waals surface area contributed by atoms with Crippen molar-refractivity contribution in [3.05, 3.63) is 29.6 Å². The van der Waals surface area contributed by atoms with Crippen LogP contribution in [-0.2, 0) is 12.4 Å². The standard InChI is InChI=1S/C14H18ClF2N3/c1-19(2)7-3-4-8-20-12(9-15)18-11-6-5-10(16)13(17)14(11)20/h5-6H,3-4,7-9H2,1-2H3. The fourth-order valence-corrected chi connectivity index (χ4v) is 2.45. The number of fused-ring (bicyclic) bond motifs is 1. The molecule has 0 N–H and O–H groups in total. The van der Waals surface area contributed by atoms with E-state index in [0.29, 0.717) is 17.9 Å². The molecule has 0 aliphatic heterocycles. The molecule has 0 amide bonds. The minimum absolute atomic E-state index is 0.184. The number of imidazole rings is 1. The fraction of sp³-hybridized carbons (Fsp3) is 0.500. The Hall–Kier alpha value is -1.20. The highest BCUT2D eigenvalue weighted by molar-refractivity contribution is 6.16. The lowest BCUT2D eigenvalue weighted by Gasteiger charge is -2.11. The van der Waals surface area contributed by atoms with Gasteiger partial charge in [-0.25, -0.2) is 13.8 Å². The maximum Gasteiger partial charge on any atom is 0.184 e. The van der Waals surface area contributed by atoms with E-state index < -0.39 is 11.6 Å². The van der Waals surface area contributed by atoms with E-state index in [-0.39, 0.29) is 11.4 Å². The number of halogens is 3. The molecule has 0 fully saturated rings. The van der Waals surface area contributed by atoms with E-state index in [1.54, 1.807) is 4.57 Å². The van der Waals surface area contributed by atoms with Gasteiger partial charge in [-0.15, -0.1) is 11.6 Å². The van der Waals surface area contributed by atoms with E-state index in [1.807, 2.05) is 14.1 Å². The Morgan fingerprint density at radius 2 is 2.00 bits per heavy atom. The summed E-state index contributed by atoms with van der Waals surface area (Å²) < 4.78 is 29.0. The van der Waals surface area contributed by atoms with Gasteiger partial charge in [0.15, 0.2) is 11.6 Å². The van der Waals surface area contributed by atoms with Gasteiger partial charge >= 0.3 is 0 Å². The number of nitrogens with zero attached hydrogens (tertiary/aromatic N) is 3. The summed E-state index contributed by atoms with van der Waals surface area (Å²) in [7, 11) is 4.01. The molecular formula is C14H18ClF2N3. The SMILES string of the molecule is CN(C)CCCCn1c(CCl)nc2ccc(F)c(F)c21. The van der Waals surface area contributed by atoms with Crippen molar-refractivity contribution in [1.29, 1.82) is 0 Å². The van der Waals surface area contributed by atoms with E-state index >= 15 is 0 Å². The molecule has 0 radical (unpaired) electrons. The number of unbranched alkanes of at least 4 members (excludes halogenated alkanes) is 1. The molecule has 2 aromatic rings. The highest BCUT2D eigenvalue weighted by Crippen LogP contribution is 2.23. The first-order valence-electron chi connectivity index (χ1n) is 6.58. The predicted molar refractivity (Wildman–Crippen MR) is 77.0 cm³/mol. The second kappa shape index (κ2) is 6.50. The number of benzene rings is 1. The summed E-state index contributed by atoms with van der Waals surface area (Å²) >= 11 is 5.85. The first-order valence-corrected chi connectivity index (χ1v) is 7.12. The first-order chi connectivity index (χ1) is 9.54. The molecule has 0 atom stereocenters. The van der Waals surface area contributed by atoms with Crippen LogP contribution in [-0.4, -0.2) is 35.1 Å². The van der Waals surface area contributed by atoms with Gasteiger partial charge in [0.2, 0.25) is 0 Å². The minimum Gasteiger partial charge on any atom is -0.324 e. The number of aromatic nitrogens is 2. The number of rotatable bonds is 6. The maximum atomic E-state index is 14.0. The van der Waals surface area contributed by atoms with Crippen LogP contribution in [0.4, 0.5) is 8.78 Å². The predicted octanol–water partition coefficient (Wildman–Crippen LogP) is 3.40. The molecule has 20 heavy (non-hydrogen) atoms. The molecule has 0 unspecified atom stereocenters. The first kappa shape index (κ1) is 15.2. The maximum absolute atomic E-state index is 14.0. The van der Waals surface area contributed by atoms with Gasteiger partial charge < -0.3 is 9.47 Å². The van der Waals surface area contributed by atoms with Gasteiger partial charge in [0.25, 0.3) is 0 Å². The van der Waals surface area contributed by atoms with Crippen LogP contribution in [0.5, 0.6) is 0 Å². The highest BCUT2D eigenvalue weighted by Gasteiger charge is 2.16. The third kappa shape index (κ3) is 3.10. The topological polar surface area (TPSA) is 21.1 Å². The lowest BCUT2D eigenvalue weighted by Crippen LogP contribution is -2.14. The molecule has 1 aromatic heterocycles. The molecule has 3 nitrogen and oxygen atoms in total. The lowest BCUT2D eigenvalue weighted by atomic mass is 10.2. The van der Waals surface area contributed by atoms with Crippen molar-refractivity contribution in [3.8, 4) is 0 Å². The van der Waals surface area contributed by atoms with Crippen molar-refractivity contribution in [2.24, 2.45) is 0 Å². The summed E-state index contributed by atoms with van der Waals surface area (Å²) in [5.41, 5.74) is 0.665. The van der Waals surface area contributed by atoms with E-state index in [1.165, 1.54) is 6.07 Å². The summed E-state index contributed by atoms with van der Waals surface area (Å²) in [4.78, 5) is 6.35. The second-order valence-corrected chi connectivity index (χ2v) is 5.32. The quantitative estimate of drug-likeness (QED) is 0.602. The zero-order valence-corrected chi connectivity index (χ0v) is 12.4. The van der Waals surface area contributed by atoms with Crippen molar-refractivity contribution < 1.29 is 8.78 Å². The fourth-order valence-electron chi connectivity index (χ4n) is 2.25. The smallest absolute Gasteiger partial charge is 0.184 e. The average Bonchev–Trinajstić information content (AvgIpc) is 2.77. The minimum atomic E-state index is -0.854. The largest absolute Gasteiger partial charge is 0.324 e. The molecule has 0 aliphatic carbocycles. The van der Waals surface area contributed by atoms with Crippen molar-refractivity contribution >= 4 is 22.6 Å². The Morgan fingerprint density at radius 1 is 1.25 bits per heavy atom. The molecule has 0 spiro atoms. The van der Waals surface area contributed by atoms with E-state index in [9.17, 15) is 8.78 Å². The van der Waals surface area contributed by atoms with Gasteiger partial charge in [0.05, 0.1) is 11.4 Å². The summed E-state index contributed by atoms with van der Waals surface area (Å²) in [6, 6.07) is 2.58. The third-order valence-electron chi connectivity index (χ3n) is 3.24. The van der Waals surface area contributed by atoms with E-state index in [2.05, 4.69) is 9.88 Å². The van der Waals surface area contributed by atoms with Gasteiger partial charge in [-0.05, 0) is 45.6 Å². The number of hydrogen-bond acceptors (Lipinski definition) is 2. The monoisotopic (exact) mass is 301 g/mol. The van der Waals surface area contributed by atoms with Crippen molar-refractivity contribution in [3.63, 3.8) is 0 Å². The van der Waals surface area contributed by atoms with Crippen LogP contribution in [0.1, 0.15) is 18.7 Å². The number of alkyl halides is 1. The molecule has 2 rings (SSSR count). The van der Waals surface area contributed by atoms with Gasteiger partial charge in [-0.1, -0.05) is 0 Å². The molecule has 0 aliphatic rings. The van der Waals surface area contributed by atoms with Crippen LogP contribution in [0.3, 0.4) is 0 Å². The van der Waals surface area contributed by atoms with Crippen LogP contribution in [0.2, 0.25) is 0 Å². The molecule has 6 heteroatoms. The molecule has 1 heterocycles. The molecule has 1 aromatic carbocycles. The van der Waals surface area contributed by atoms with E-state index in [0.717, 1.165) is 25.5 Å². The van der Waals surface area contributed by atoms with Crippen molar-refractivity contribution in [2.75, 3.05) is 20.6 Å². The zero-order valence-electron chi connectivity index (χ0n) is 11.7. The van der Waals surface area contributed by atoms with Crippen molar-refractivity contribution in [1.82, 2.24) is 14.5 Å². The summed E-state index contributed by atoms with van der Waals surface area (Å²) in [6.07, 6.45) is 1.84. The molecule has 0 saturated carbocycles. The second-order valence-electron chi connectivity index (χ2n) is 5.05. The molecule has 0 saturated heterocycles.